The molecule has 0 aliphatic carbocycles. The molecule has 1 aliphatic heterocycles. The quantitative estimate of drug-likeness (QED) is 0.770. The molecule has 0 radical (unpaired) electrons. The fourth-order valence-electron chi connectivity index (χ4n) is 3.46. The van der Waals surface area contributed by atoms with E-state index in [-0.39, 0.29) is 18.2 Å². The zero-order valence-electron chi connectivity index (χ0n) is 17.0. The maximum atomic E-state index is 12.5. The predicted molar refractivity (Wildman–Crippen MR) is 106 cm³/mol. The summed E-state index contributed by atoms with van der Waals surface area (Å²) in [5, 5.41) is 0. The molecule has 1 aromatic rings. The van der Waals surface area contributed by atoms with Gasteiger partial charge >= 0.3 is 6.09 Å². The summed E-state index contributed by atoms with van der Waals surface area (Å²) in [6.07, 6.45) is 2.65. The van der Waals surface area contributed by atoms with Crippen LogP contribution in [0.15, 0.2) is 18.2 Å². The highest BCUT2D eigenvalue weighted by Crippen LogP contribution is 2.36. The maximum absolute atomic E-state index is 12.5. The molecule has 26 heavy (non-hydrogen) atoms. The van der Waals surface area contributed by atoms with Gasteiger partial charge in [-0.1, -0.05) is 13.0 Å². The Balaban J connectivity index is 2.12. The molecular formula is C21H34N2O3. The number of hydrogen-bond acceptors (Lipinski definition) is 4. The van der Waals surface area contributed by atoms with E-state index in [0.717, 1.165) is 25.0 Å². The molecule has 0 unspecified atom stereocenters. The fourth-order valence-corrected chi connectivity index (χ4v) is 3.46. The Morgan fingerprint density at radius 1 is 1.35 bits per heavy atom. The van der Waals surface area contributed by atoms with Gasteiger partial charge in [-0.25, -0.2) is 4.79 Å². The summed E-state index contributed by atoms with van der Waals surface area (Å²) in [6, 6.07) is 6.27. The SMILES string of the molecule is CC[C@H]1C[C@H](c2ccc(N)c(OC(C)C)c2)CCN1C(=O)OC(C)(C)C. The number of piperidine rings is 1. The number of hydrogen-bond donors (Lipinski definition) is 1. The molecule has 1 aromatic carbocycles. The van der Waals surface area contributed by atoms with Gasteiger partial charge in [-0.3, -0.25) is 0 Å². The first-order valence-corrected chi connectivity index (χ1v) is 9.66. The zero-order valence-corrected chi connectivity index (χ0v) is 17.0. The smallest absolute Gasteiger partial charge is 0.410 e. The summed E-state index contributed by atoms with van der Waals surface area (Å²) < 4.78 is 11.4. The average Bonchev–Trinajstić information content (AvgIpc) is 2.54. The number of ether oxygens (including phenoxy) is 2. The lowest BCUT2D eigenvalue weighted by Gasteiger charge is -2.40. The number of nitrogen functional groups attached to an aromatic ring is 1. The summed E-state index contributed by atoms with van der Waals surface area (Å²) in [5.74, 6) is 1.15. The average molecular weight is 363 g/mol. The minimum atomic E-state index is -0.466. The van der Waals surface area contributed by atoms with E-state index in [9.17, 15) is 4.79 Å². The van der Waals surface area contributed by atoms with E-state index in [1.54, 1.807) is 0 Å². The number of amides is 1. The van der Waals surface area contributed by atoms with Gasteiger partial charge in [0.05, 0.1) is 11.8 Å². The zero-order chi connectivity index (χ0) is 19.5. The highest BCUT2D eigenvalue weighted by Gasteiger charge is 2.34. The second-order valence-corrected chi connectivity index (χ2v) is 8.42. The summed E-state index contributed by atoms with van der Waals surface area (Å²) in [5.41, 5.74) is 7.48. The highest BCUT2D eigenvalue weighted by atomic mass is 16.6. The predicted octanol–water partition coefficient (Wildman–Crippen LogP) is 4.95. The molecule has 0 aromatic heterocycles. The van der Waals surface area contributed by atoms with Gasteiger partial charge in [0.15, 0.2) is 0 Å². The van der Waals surface area contributed by atoms with E-state index in [2.05, 4.69) is 19.1 Å². The van der Waals surface area contributed by atoms with Gasteiger partial charge in [-0.2, -0.15) is 0 Å². The van der Waals surface area contributed by atoms with E-state index >= 15 is 0 Å². The molecule has 146 valence electrons. The van der Waals surface area contributed by atoms with Gasteiger partial charge in [-0.05, 0) is 77.5 Å². The molecule has 1 saturated heterocycles. The van der Waals surface area contributed by atoms with Crippen molar-refractivity contribution in [2.75, 3.05) is 12.3 Å². The Morgan fingerprint density at radius 3 is 2.62 bits per heavy atom. The molecule has 5 heteroatoms. The Labute approximate surface area is 157 Å². The number of anilines is 1. The highest BCUT2D eigenvalue weighted by molar-refractivity contribution is 5.68. The molecule has 1 aliphatic rings. The largest absolute Gasteiger partial charge is 0.489 e. The first-order chi connectivity index (χ1) is 12.1. The summed E-state index contributed by atoms with van der Waals surface area (Å²) in [6.45, 7) is 12.6. The lowest BCUT2D eigenvalue weighted by Crippen LogP contribution is -2.47. The van der Waals surface area contributed by atoms with Crippen molar-refractivity contribution in [2.24, 2.45) is 0 Å². The van der Waals surface area contributed by atoms with Crippen LogP contribution in [-0.2, 0) is 4.74 Å². The maximum Gasteiger partial charge on any atom is 0.410 e. The summed E-state index contributed by atoms with van der Waals surface area (Å²) in [4.78, 5) is 14.4. The Morgan fingerprint density at radius 2 is 2.04 bits per heavy atom. The van der Waals surface area contributed by atoms with E-state index in [4.69, 9.17) is 15.2 Å². The van der Waals surface area contributed by atoms with Gasteiger partial charge in [0.2, 0.25) is 0 Å². The van der Waals surface area contributed by atoms with Crippen molar-refractivity contribution < 1.29 is 14.3 Å². The van der Waals surface area contributed by atoms with Crippen LogP contribution >= 0.6 is 0 Å². The van der Waals surface area contributed by atoms with Crippen LogP contribution in [0, 0.1) is 0 Å². The molecule has 0 spiro atoms. The lowest BCUT2D eigenvalue weighted by molar-refractivity contribution is 0.00756. The monoisotopic (exact) mass is 362 g/mol. The number of likely N-dealkylation sites (tertiary alicyclic amines) is 1. The molecule has 0 bridgehead atoms. The van der Waals surface area contributed by atoms with Crippen molar-refractivity contribution in [3.05, 3.63) is 23.8 Å². The number of carbonyl (C=O) groups is 1. The van der Waals surface area contributed by atoms with Gasteiger partial charge in [0, 0.05) is 12.6 Å². The first kappa shape index (κ1) is 20.4. The van der Waals surface area contributed by atoms with Gasteiger partial charge in [0.25, 0.3) is 0 Å². The third-order valence-electron chi connectivity index (χ3n) is 4.69. The third-order valence-corrected chi connectivity index (χ3v) is 4.69. The van der Waals surface area contributed by atoms with Gasteiger partial charge < -0.3 is 20.1 Å². The molecule has 1 fully saturated rings. The molecule has 2 rings (SSSR count). The number of carbonyl (C=O) groups excluding carboxylic acids is 1. The molecule has 2 atom stereocenters. The number of nitrogens with zero attached hydrogens (tertiary/aromatic N) is 1. The summed E-state index contributed by atoms with van der Waals surface area (Å²) in [7, 11) is 0. The molecule has 1 heterocycles. The first-order valence-electron chi connectivity index (χ1n) is 9.66. The van der Waals surface area contributed by atoms with Crippen LogP contribution in [0.2, 0.25) is 0 Å². The standard InChI is InChI=1S/C21H34N2O3/c1-7-17-12-16(10-11-23(17)20(24)26-21(4,5)6)15-8-9-18(22)19(13-15)25-14(2)3/h8-9,13-14,16-17H,7,10-12,22H2,1-6H3/t16-,17+/m1/s1. The van der Waals surface area contributed by atoms with Crippen molar-refractivity contribution in [2.45, 2.75) is 84.5 Å². The van der Waals surface area contributed by atoms with Crippen LogP contribution in [0.3, 0.4) is 0 Å². The van der Waals surface area contributed by atoms with Gasteiger partial charge in [-0.15, -0.1) is 0 Å². The van der Waals surface area contributed by atoms with Crippen LogP contribution in [0.4, 0.5) is 10.5 Å². The van der Waals surface area contributed by atoms with Gasteiger partial charge in [0.1, 0.15) is 11.4 Å². The van der Waals surface area contributed by atoms with Crippen molar-refractivity contribution in [1.29, 1.82) is 0 Å². The molecule has 0 saturated carbocycles. The Hall–Kier alpha value is -1.91. The van der Waals surface area contributed by atoms with Crippen LogP contribution in [-0.4, -0.2) is 35.3 Å². The number of nitrogens with two attached hydrogens (primary N) is 1. The molecular weight excluding hydrogens is 328 g/mol. The van der Waals surface area contributed by atoms with Crippen LogP contribution in [0.1, 0.15) is 72.3 Å². The number of rotatable bonds is 4. The van der Waals surface area contributed by atoms with Crippen LogP contribution < -0.4 is 10.5 Å². The minimum absolute atomic E-state index is 0.0879. The van der Waals surface area contributed by atoms with E-state index in [1.165, 1.54) is 5.56 Å². The second-order valence-electron chi connectivity index (χ2n) is 8.42. The Bertz CT molecular complexity index is 622. The van der Waals surface area contributed by atoms with Crippen LogP contribution in [0.25, 0.3) is 0 Å². The minimum Gasteiger partial charge on any atom is -0.489 e. The normalized spacial score (nSPS) is 21.0. The Kier molecular flexibility index (Phi) is 6.43. The summed E-state index contributed by atoms with van der Waals surface area (Å²) >= 11 is 0. The third kappa shape index (κ3) is 5.29. The molecule has 1 amide bonds. The van der Waals surface area contributed by atoms with E-state index in [0.29, 0.717) is 18.2 Å². The topological polar surface area (TPSA) is 64.8 Å². The van der Waals surface area contributed by atoms with Crippen molar-refractivity contribution in [1.82, 2.24) is 4.90 Å². The fraction of sp³-hybridized carbons (Fsp3) is 0.667. The van der Waals surface area contributed by atoms with Crippen LogP contribution in [0.5, 0.6) is 5.75 Å². The number of benzene rings is 1. The second kappa shape index (κ2) is 8.19. The van der Waals surface area contributed by atoms with E-state index < -0.39 is 5.60 Å². The van der Waals surface area contributed by atoms with E-state index in [1.807, 2.05) is 45.6 Å². The molecule has 5 nitrogen and oxygen atoms in total. The van der Waals surface area contributed by atoms with Crippen molar-refractivity contribution in [3.8, 4) is 5.75 Å². The lowest BCUT2D eigenvalue weighted by atomic mass is 9.84. The molecule has 2 N–H and O–H groups in total. The van der Waals surface area contributed by atoms with Crippen molar-refractivity contribution >= 4 is 11.8 Å². The van der Waals surface area contributed by atoms with Crippen molar-refractivity contribution in [3.63, 3.8) is 0 Å².